The molecule has 5 nitrogen and oxygen atoms in total. The van der Waals surface area contributed by atoms with E-state index in [-0.39, 0.29) is 18.9 Å². The van der Waals surface area contributed by atoms with Crippen LogP contribution in [0.4, 0.5) is 0 Å². The van der Waals surface area contributed by atoms with Gasteiger partial charge in [0.15, 0.2) is 0 Å². The maximum Gasteiger partial charge on any atom is 0.250 e. The van der Waals surface area contributed by atoms with Crippen molar-refractivity contribution in [3.8, 4) is 0 Å². The number of rotatable bonds is 5. The van der Waals surface area contributed by atoms with Gasteiger partial charge in [-0.25, -0.2) is 13.1 Å². The van der Waals surface area contributed by atoms with E-state index in [2.05, 4.69) is 10.8 Å². The second kappa shape index (κ2) is 7.04. The van der Waals surface area contributed by atoms with Crippen molar-refractivity contribution in [2.45, 2.75) is 30.5 Å². The number of hydrogen-bond donors (Lipinski definition) is 1. The maximum absolute atomic E-state index is 12.3. The molecular weight excluding hydrogens is 344 g/mol. The molecule has 0 bridgehead atoms. The summed E-state index contributed by atoms with van der Waals surface area (Å²) in [6.45, 7) is 3.27. The predicted octanol–water partition coefficient (Wildman–Crippen LogP) is 2.31. The van der Waals surface area contributed by atoms with Crippen molar-refractivity contribution in [1.29, 1.82) is 0 Å². The molecule has 1 amide bonds. The fourth-order valence-electron chi connectivity index (χ4n) is 2.79. The van der Waals surface area contributed by atoms with Crippen molar-refractivity contribution in [1.82, 2.24) is 9.62 Å². The van der Waals surface area contributed by atoms with E-state index in [9.17, 15) is 13.2 Å². The van der Waals surface area contributed by atoms with E-state index >= 15 is 0 Å². The minimum Gasteiger partial charge on any atom is -0.338 e. The van der Waals surface area contributed by atoms with Gasteiger partial charge in [-0.2, -0.15) is 0 Å². The van der Waals surface area contributed by atoms with Gasteiger partial charge in [0.25, 0.3) is 0 Å². The Morgan fingerprint density at radius 2 is 1.96 bits per heavy atom. The van der Waals surface area contributed by atoms with Crippen molar-refractivity contribution in [3.63, 3.8) is 0 Å². The first-order valence-electron chi connectivity index (χ1n) is 7.86. The van der Waals surface area contributed by atoms with Crippen LogP contribution in [0.1, 0.15) is 22.4 Å². The maximum atomic E-state index is 12.3. The Bertz CT molecular complexity index is 843. The van der Waals surface area contributed by atoms with Gasteiger partial charge in [0.1, 0.15) is 4.21 Å². The van der Waals surface area contributed by atoms with Crippen molar-refractivity contribution in [2.75, 3.05) is 13.1 Å². The number of nitrogens with one attached hydrogen (secondary N) is 1. The molecule has 2 heterocycles. The van der Waals surface area contributed by atoms with Gasteiger partial charge in [-0.15, -0.1) is 11.3 Å². The highest BCUT2D eigenvalue weighted by atomic mass is 32.2. The second-order valence-electron chi connectivity index (χ2n) is 5.85. The first kappa shape index (κ1) is 17.1. The molecule has 2 aromatic rings. The van der Waals surface area contributed by atoms with E-state index in [0.717, 1.165) is 11.3 Å². The number of aryl methyl sites for hydroxylation is 1. The molecule has 0 atom stereocenters. The highest BCUT2D eigenvalue weighted by molar-refractivity contribution is 7.91. The molecule has 1 N–H and O–H groups in total. The topological polar surface area (TPSA) is 66.5 Å². The summed E-state index contributed by atoms with van der Waals surface area (Å²) in [5.74, 6) is -0.0189. The summed E-state index contributed by atoms with van der Waals surface area (Å²) >= 11 is 1.23. The molecule has 0 radical (unpaired) electrons. The number of hydrogen-bond acceptors (Lipinski definition) is 4. The third-order valence-electron chi connectivity index (χ3n) is 4.09. The third kappa shape index (κ3) is 3.85. The van der Waals surface area contributed by atoms with Crippen molar-refractivity contribution < 1.29 is 13.2 Å². The van der Waals surface area contributed by atoms with Crippen LogP contribution >= 0.6 is 11.3 Å². The van der Waals surface area contributed by atoms with E-state index in [1.165, 1.54) is 22.5 Å². The van der Waals surface area contributed by atoms with Gasteiger partial charge in [-0.3, -0.25) is 4.79 Å². The summed E-state index contributed by atoms with van der Waals surface area (Å²) in [4.78, 5) is 15.1. The van der Waals surface area contributed by atoms with Crippen LogP contribution in [0.15, 0.2) is 40.6 Å². The molecule has 1 aliphatic rings. The fourth-order valence-corrected chi connectivity index (χ4v) is 5.15. The highest BCUT2D eigenvalue weighted by Crippen LogP contribution is 2.21. The highest BCUT2D eigenvalue weighted by Gasteiger charge is 2.21. The lowest BCUT2D eigenvalue weighted by Gasteiger charge is -2.29. The van der Waals surface area contributed by atoms with Gasteiger partial charge in [0.2, 0.25) is 15.9 Å². The van der Waals surface area contributed by atoms with Crippen LogP contribution in [0.3, 0.4) is 0 Å². The van der Waals surface area contributed by atoms with Gasteiger partial charge in [0.05, 0.1) is 0 Å². The molecule has 0 spiro atoms. The Labute approximate surface area is 146 Å². The van der Waals surface area contributed by atoms with Crippen LogP contribution in [-0.2, 0) is 27.8 Å². The number of fused-ring (bicyclic) bond motifs is 1. The number of carbonyl (C=O) groups is 1. The molecule has 0 unspecified atom stereocenters. The van der Waals surface area contributed by atoms with Crippen LogP contribution in [0.25, 0.3) is 0 Å². The Morgan fingerprint density at radius 3 is 2.67 bits per heavy atom. The van der Waals surface area contributed by atoms with E-state index in [4.69, 9.17) is 0 Å². The lowest BCUT2D eigenvalue weighted by atomic mass is 10.00. The van der Waals surface area contributed by atoms with Crippen LogP contribution in [0, 0.1) is 6.92 Å². The standard InChI is InChI=1S/C17H20N2O3S2/c1-13-6-7-17(23-13)24(21,22)18-10-8-16(20)19-11-9-14-4-2-3-5-15(14)12-19/h2-7,18H,8-12H2,1H3. The molecule has 0 saturated carbocycles. The summed E-state index contributed by atoms with van der Waals surface area (Å²) in [5, 5.41) is 0. The van der Waals surface area contributed by atoms with Crippen molar-refractivity contribution in [3.05, 3.63) is 52.4 Å². The van der Waals surface area contributed by atoms with Crippen molar-refractivity contribution in [2.24, 2.45) is 0 Å². The van der Waals surface area contributed by atoms with E-state index in [1.807, 2.05) is 25.1 Å². The number of nitrogens with zero attached hydrogens (tertiary/aromatic N) is 1. The molecule has 1 aromatic heterocycles. The van der Waals surface area contributed by atoms with Crippen LogP contribution in [-0.4, -0.2) is 32.3 Å². The summed E-state index contributed by atoms with van der Waals surface area (Å²) < 4.78 is 27.1. The largest absolute Gasteiger partial charge is 0.338 e. The lowest BCUT2D eigenvalue weighted by Crippen LogP contribution is -2.37. The third-order valence-corrected chi connectivity index (χ3v) is 7.05. The molecule has 0 aliphatic carbocycles. The molecule has 0 fully saturated rings. The zero-order valence-corrected chi connectivity index (χ0v) is 15.1. The van der Waals surface area contributed by atoms with E-state index in [1.54, 1.807) is 17.0 Å². The summed E-state index contributed by atoms with van der Waals surface area (Å²) in [6.07, 6.45) is 1.02. The zero-order chi connectivity index (χ0) is 17.2. The molecule has 0 saturated heterocycles. The molecular formula is C17H20N2O3S2. The molecule has 1 aromatic carbocycles. The SMILES string of the molecule is Cc1ccc(S(=O)(=O)NCCC(=O)N2CCc3ccccc3C2)s1. The predicted molar refractivity (Wildman–Crippen MR) is 94.4 cm³/mol. The van der Waals surface area contributed by atoms with Crippen LogP contribution in [0.5, 0.6) is 0 Å². The summed E-state index contributed by atoms with van der Waals surface area (Å²) in [5.41, 5.74) is 2.46. The Hall–Kier alpha value is -1.70. The number of thiophene rings is 1. The first-order valence-corrected chi connectivity index (χ1v) is 10.2. The van der Waals surface area contributed by atoms with E-state index < -0.39 is 10.0 Å². The first-order chi connectivity index (χ1) is 11.5. The Balaban J connectivity index is 1.53. The summed E-state index contributed by atoms with van der Waals surface area (Å²) in [6, 6.07) is 11.5. The second-order valence-corrected chi connectivity index (χ2v) is 9.13. The quantitative estimate of drug-likeness (QED) is 0.885. The van der Waals surface area contributed by atoms with Crippen LogP contribution in [0.2, 0.25) is 0 Å². The summed E-state index contributed by atoms with van der Waals surface area (Å²) in [7, 11) is -3.52. The van der Waals surface area contributed by atoms with Gasteiger partial charge < -0.3 is 4.90 Å². The Morgan fingerprint density at radius 1 is 1.21 bits per heavy atom. The lowest BCUT2D eigenvalue weighted by molar-refractivity contribution is -0.131. The minimum atomic E-state index is -3.52. The zero-order valence-electron chi connectivity index (χ0n) is 13.5. The molecule has 128 valence electrons. The van der Waals surface area contributed by atoms with Gasteiger partial charge in [0, 0.05) is 30.9 Å². The van der Waals surface area contributed by atoms with Gasteiger partial charge in [-0.1, -0.05) is 24.3 Å². The average Bonchev–Trinajstić information content (AvgIpc) is 3.01. The van der Waals surface area contributed by atoms with Crippen LogP contribution < -0.4 is 4.72 Å². The van der Waals surface area contributed by atoms with Gasteiger partial charge >= 0.3 is 0 Å². The fraction of sp³-hybridized carbons (Fsp3) is 0.353. The smallest absolute Gasteiger partial charge is 0.250 e. The number of carbonyl (C=O) groups excluding carboxylic acids is 1. The molecule has 1 aliphatic heterocycles. The minimum absolute atomic E-state index is 0.0189. The number of amides is 1. The molecule has 7 heteroatoms. The Kier molecular flexibility index (Phi) is 5.03. The monoisotopic (exact) mass is 364 g/mol. The van der Waals surface area contributed by atoms with E-state index in [0.29, 0.717) is 17.3 Å². The number of benzene rings is 1. The normalized spacial score (nSPS) is 14.5. The molecule has 24 heavy (non-hydrogen) atoms. The average molecular weight is 364 g/mol. The number of sulfonamides is 1. The van der Waals surface area contributed by atoms with Crippen molar-refractivity contribution >= 4 is 27.3 Å². The van der Waals surface area contributed by atoms with Gasteiger partial charge in [-0.05, 0) is 36.6 Å². The molecule has 3 rings (SSSR count).